The lowest BCUT2D eigenvalue weighted by molar-refractivity contribution is -0.673. The van der Waals surface area contributed by atoms with Crippen molar-refractivity contribution in [3.05, 3.63) is 72.1 Å². The second kappa shape index (κ2) is 8.62. The molecule has 2 aromatic rings. The summed E-state index contributed by atoms with van der Waals surface area (Å²) in [6.45, 7) is 0. The van der Waals surface area contributed by atoms with E-state index in [0.717, 1.165) is 0 Å². The number of hydrogen-bond acceptors (Lipinski definition) is 1. The van der Waals surface area contributed by atoms with Gasteiger partial charge < -0.3 is 28.9 Å². The Balaban J connectivity index is 0.00000220. The molecule has 0 saturated carbocycles. The van der Waals surface area contributed by atoms with Gasteiger partial charge in [0.1, 0.15) is 7.05 Å². The average Bonchev–Trinajstić information content (AvgIpc) is 2.46. The summed E-state index contributed by atoms with van der Waals surface area (Å²) in [7, 11) is 6.14. The third-order valence-electron chi connectivity index (χ3n) is 3.17. The number of allylic oxidation sites excluding steroid dienone is 2. The number of halogens is 1. The molecule has 0 aliphatic heterocycles. The van der Waals surface area contributed by atoms with E-state index in [-0.39, 0.29) is 24.0 Å². The first-order valence-electron chi connectivity index (χ1n) is 6.73. The Kier molecular flexibility index (Phi) is 7.15. The molecule has 1 heterocycles. The lowest BCUT2D eigenvalue weighted by Crippen LogP contribution is -3.00. The summed E-state index contributed by atoms with van der Waals surface area (Å²) in [5, 5.41) is 0. The Morgan fingerprint density at radius 1 is 0.905 bits per heavy atom. The quantitative estimate of drug-likeness (QED) is 0.413. The number of anilines is 1. The summed E-state index contributed by atoms with van der Waals surface area (Å²) in [5.41, 5.74) is 3.60. The SMILES string of the molecule is CN(C)c1ccc(/C=C/C=C/c2cccc[n+]2C)cc1.[I-]. The van der Waals surface area contributed by atoms with E-state index < -0.39 is 0 Å². The van der Waals surface area contributed by atoms with Gasteiger partial charge in [-0.05, 0) is 23.8 Å². The van der Waals surface area contributed by atoms with Gasteiger partial charge in [-0.2, -0.15) is 0 Å². The van der Waals surface area contributed by atoms with Crippen LogP contribution < -0.4 is 33.4 Å². The van der Waals surface area contributed by atoms with Crippen LogP contribution in [0.4, 0.5) is 5.69 Å². The van der Waals surface area contributed by atoms with E-state index in [4.69, 9.17) is 0 Å². The third-order valence-corrected chi connectivity index (χ3v) is 3.17. The lowest BCUT2D eigenvalue weighted by atomic mass is 10.2. The zero-order valence-corrected chi connectivity index (χ0v) is 14.9. The van der Waals surface area contributed by atoms with Crippen molar-refractivity contribution >= 4 is 17.8 Å². The summed E-state index contributed by atoms with van der Waals surface area (Å²) < 4.78 is 2.09. The minimum atomic E-state index is 0. The second-order valence-electron chi connectivity index (χ2n) is 4.94. The second-order valence-corrected chi connectivity index (χ2v) is 4.94. The molecule has 0 atom stereocenters. The lowest BCUT2D eigenvalue weighted by Gasteiger charge is -2.11. The first-order chi connectivity index (χ1) is 9.66. The fourth-order valence-corrected chi connectivity index (χ4v) is 1.91. The van der Waals surface area contributed by atoms with E-state index in [2.05, 4.69) is 64.1 Å². The van der Waals surface area contributed by atoms with Crippen molar-refractivity contribution in [2.75, 3.05) is 19.0 Å². The van der Waals surface area contributed by atoms with E-state index in [1.54, 1.807) is 0 Å². The summed E-state index contributed by atoms with van der Waals surface area (Å²) in [6.07, 6.45) is 10.4. The number of nitrogens with zero attached hydrogens (tertiary/aromatic N) is 2. The van der Waals surface area contributed by atoms with Gasteiger partial charge in [0.05, 0.1) is 0 Å². The van der Waals surface area contributed by atoms with Gasteiger partial charge in [0, 0.05) is 38.0 Å². The van der Waals surface area contributed by atoms with Gasteiger partial charge in [-0.25, -0.2) is 4.57 Å². The number of hydrogen-bond donors (Lipinski definition) is 0. The monoisotopic (exact) mass is 392 g/mol. The van der Waals surface area contributed by atoms with Crippen molar-refractivity contribution < 1.29 is 28.5 Å². The molecule has 1 aromatic heterocycles. The van der Waals surface area contributed by atoms with Crippen LogP contribution in [-0.4, -0.2) is 14.1 Å². The molecular weight excluding hydrogens is 371 g/mol. The molecule has 0 amide bonds. The van der Waals surface area contributed by atoms with Crippen molar-refractivity contribution in [1.82, 2.24) is 0 Å². The molecule has 110 valence electrons. The highest BCUT2D eigenvalue weighted by molar-refractivity contribution is 5.58. The molecule has 0 N–H and O–H groups in total. The Morgan fingerprint density at radius 2 is 1.57 bits per heavy atom. The van der Waals surface area contributed by atoms with Crippen molar-refractivity contribution in [2.24, 2.45) is 7.05 Å². The maximum Gasteiger partial charge on any atom is 0.204 e. The van der Waals surface area contributed by atoms with E-state index in [0.29, 0.717) is 0 Å². The van der Waals surface area contributed by atoms with Crippen molar-refractivity contribution in [3.63, 3.8) is 0 Å². The Labute approximate surface area is 144 Å². The predicted molar refractivity (Wildman–Crippen MR) is 86.5 cm³/mol. The van der Waals surface area contributed by atoms with Crippen LogP contribution in [-0.2, 0) is 7.05 Å². The van der Waals surface area contributed by atoms with Crippen LogP contribution >= 0.6 is 0 Å². The summed E-state index contributed by atoms with van der Waals surface area (Å²) >= 11 is 0. The Hall–Kier alpha value is -1.62. The zero-order chi connectivity index (χ0) is 14.4. The number of aromatic nitrogens is 1. The highest BCUT2D eigenvalue weighted by Crippen LogP contribution is 2.13. The van der Waals surface area contributed by atoms with Gasteiger partial charge in [0.15, 0.2) is 6.20 Å². The number of benzene rings is 1. The maximum absolute atomic E-state index is 2.13. The molecule has 3 heteroatoms. The summed E-state index contributed by atoms with van der Waals surface area (Å²) in [4.78, 5) is 2.10. The number of aryl methyl sites for hydroxylation is 1. The Bertz CT molecular complexity index is 613. The molecule has 2 nitrogen and oxygen atoms in total. The average molecular weight is 392 g/mol. The summed E-state index contributed by atoms with van der Waals surface area (Å²) in [6, 6.07) is 14.7. The first-order valence-corrected chi connectivity index (χ1v) is 6.73. The molecule has 0 saturated heterocycles. The smallest absolute Gasteiger partial charge is 0.204 e. The highest BCUT2D eigenvalue weighted by atomic mass is 127. The molecule has 2 rings (SSSR count). The third kappa shape index (κ3) is 5.34. The van der Waals surface area contributed by atoms with E-state index in [1.807, 2.05) is 39.5 Å². The van der Waals surface area contributed by atoms with Crippen LogP contribution in [0.1, 0.15) is 11.3 Å². The molecule has 0 unspecified atom stereocenters. The first kappa shape index (κ1) is 17.4. The largest absolute Gasteiger partial charge is 1.00 e. The zero-order valence-electron chi connectivity index (χ0n) is 12.7. The van der Waals surface area contributed by atoms with Gasteiger partial charge in [-0.15, -0.1) is 0 Å². The topological polar surface area (TPSA) is 7.12 Å². The standard InChI is InChI=1S/C18H21N2.HI/c1-19(2)17-13-11-16(12-14-17)8-4-5-9-18-10-6-7-15-20(18)3;/h4-15H,1-3H3;1H/q+1;/p-1. The fraction of sp³-hybridized carbons (Fsp3) is 0.167. The minimum absolute atomic E-state index is 0. The molecule has 0 aliphatic carbocycles. The molecule has 0 aliphatic rings. The van der Waals surface area contributed by atoms with Crippen molar-refractivity contribution in [1.29, 1.82) is 0 Å². The van der Waals surface area contributed by atoms with Crippen LogP contribution in [0, 0.1) is 0 Å². The molecule has 0 bridgehead atoms. The van der Waals surface area contributed by atoms with Crippen molar-refractivity contribution in [2.45, 2.75) is 0 Å². The Morgan fingerprint density at radius 3 is 2.19 bits per heavy atom. The maximum atomic E-state index is 2.13. The summed E-state index contributed by atoms with van der Waals surface area (Å²) in [5.74, 6) is 0. The van der Waals surface area contributed by atoms with E-state index in [1.165, 1.54) is 16.9 Å². The minimum Gasteiger partial charge on any atom is -1.00 e. The molecular formula is C18H21IN2. The fourth-order valence-electron chi connectivity index (χ4n) is 1.91. The van der Waals surface area contributed by atoms with Crippen molar-refractivity contribution in [3.8, 4) is 0 Å². The van der Waals surface area contributed by atoms with Gasteiger partial charge in [0.2, 0.25) is 5.69 Å². The molecule has 0 fully saturated rings. The normalized spacial score (nSPS) is 10.8. The molecule has 0 radical (unpaired) electrons. The van der Waals surface area contributed by atoms with Gasteiger partial charge in [-0.1, -0.05) is 30.4 Å². The van der Waals surface area contributed by atoms with Crippen LogP contribution in [0.5, 0.6) is 0 Å². The van der Waals surface area contributed by atoms with Gasteiger partial charge in [-0.3, -0.25) is 0 Å². The van der Waals surface area contributed by atoms with Crippen LogP contribution in [0.2, 0.25) is 0 Å². The van der Waals surface area contributed by atoms with E-state index in [9.17, 15) is 0 Å². The predicted octanol–water partition coefficient (Wildman–Crippen LogP) is 0.308. The van der Waals surface area contributed by atoms with E-state index >= 15 is 0 Å². The van der Waals surface area contributed by atoms with Crippen LogP contribution in [0.25, 0.3) is 12.2 Å². The molecule has 21 heavy (non-hydrogen) atoms. The molecule has 0 spiro atoms. The highest BCUT2D eigenvalue weighted by Gasteiger charge is 1.97. The molecule has 1 aromatic carbocycles. The van der Waals surface area contributed by atoms with Gasteiger partial charge >= 0.3 is 0 Å². The van der Waals surface area contributed by atoms with Crippen LogP contribution in [0.3, 0.4) is 0 Å². The number of rotatable bonds is 4. The van der Waals surface area contributed by atoms with Gasteiger partial charge in [0.25, 0.3) is 0 Å². The van der Waals surface area contributed by atoms with Crippen LogP contribution in [0.15, 0.2) is 60.8 Å². The number of pyridine rings is 1.